The Bertz CT molecular complexity index is 947. The van der Waals surface area contributed by atoms with Crippen LogP contribution >= 0.6 is 0 Å². The quantitative estimate of drug-likeness (QED) is 0.466. The summed E-state index contributed by atoms with van der Waals surface area (Å²) in [5.41, 5.74) is 0.903. The minimum absolute atomic E-state index is 0.233. The molecule has 2 N–H and O–H groups in total. The van der Waals surface area contributed by atoms with Crippen LogP contribution < -0.4 is 10.6 Å². The highest BCUT2D eigenvalue weighted by Crippen LogP contribution is 2.24. The Morgan fingerprint density at radius 2 is 1.68 bits per heavy atom. The molecule has 1 aromatic carbocycles. The Balaban J connectivity index is 1.74. The van der Waals surface area contributed by atoms with Gasteiger partial charge in [-0.2, -0.15) is 0 Å². The van der Waals surface area contributed by atoms with Crippen molar-refractivity contribution in [3.05, 3.63) is 53.3 Å². The summed E-state index contributed by atoms with van der Waals surface area (Å²) in [4.78, 5) is 46.5. The molecule has 3 rings (SSSR count). The number of imide groups is 2. The third-order valence-corrected chi connectivity index (χ3v) is 3.81. The summed E-state index contributed by atoms with van der Waals surface area (Å²) in [6, 6.07) is 9.07. The first kappa shape index (κ1) is 19.1. The molecule has 1 fully saturated rings. The fourth-order valence-corrected chi connectivity index (χ4v) is 2.43. The smallest absolute Gasteiger partial charge is 0.338 e. The van der Waals surface area contributed by atoms with Crippen LogP contribution in [0.5, 0.6) is 0 Å². The van der Waals surface area contributed by atoms with Crippen LogP contribution in [0.4, 0.5) is 4.79 Å². The van der Waals surface area contributed by atoms with E-state index in [2.05, 4.69) is 0 Å². The van der Waals surface area contributed by atoms with E-state index in [1.54, 1.807) is 36.4 Å². The number of amides is 4. The molecule has 0 radical (unpaired) electrons. The van der Waals surface area contributed by atoms with E-state index in [4.69, 9.17) is 9.15 Å². The molecule has 0 bridgehead atoms. The lowest BCUT2D eigenvalue weighted by atomic mass is 10.1. The second kappa shape index (κ2) is 7.91. The van der Waals surface area contributed by atoms with Gasteiger partial charge in [-0.1, -0.05) is 26.0 Å². The van der Waals surface area contributed by atoms with E-state index in [-0.39, 0.29) is 17.3 Å². The van der Waals surface area contributed by atoms with Gasteiger partial charge in [0, 0.05) is 5.56 Å². The molecule has 8 heteroatoms. The maximum atomic E-state index is 12.0. The summed E-state index contributed by atoms with van der Waals surface area (Å²) < 4.78 is 10.8. The first-order valence-corrected chi connectivity index (χ1v) is 8.59. The number of carbonyl (C=O) groups is 4. The van der Waals surface area contributed by atoms with E-state index in [0.29, 0.717) is 23.5 Å². The van der Waals surface area contributed by atoms with Crippen LogP contribution in [0.1, 0.15) is 30.0 Å². The van der Waals surface area contributed by atoms with Crippen LogP contribution in [0.25, 0.3) is 17.4 Å². The minimum Gasteiger partial charge on any atom is -0.462 e. The molecule has 0 spiro atoms. The van der Waals surface area contributed by atoms with Gasteiger partial charge in [-0.3, -0.25) is 20.2 Å². The number of urea groups is 1. The van der Waals surface area contributed by atoms with Crippen LogP contribution in [0.3, 0.4) is 0 Å². The van der Waals surface area contributed by atoms with E-state index in [9.17, 15) is 19.2 Å². The normalized spacial score (nSPS) is 14.0. The number of furan rings is 1. The molecule has 0 aliphatic carbocycles. The molecule has 28 heavy (non-hydrogen) atoms. The van der Waals surface area contributed by atoms with Crippen molar-refractivity contribution in [1.82, 2.24) is 10.6 Å². The first-order chi connectivity index (χ1) is 13.3. The van der Waals surface area contributed by atoms with Crippen LogP contribution in [0.2, 0.25) is 0 Å². The molecule has 0 saturated carbocycles. The van der Waals surface area contributed by atoms with E-state index in [0.717, 1.165) is 0 Å². The van der Waals surface area contributed by atoms with Crippen LogP contribution in [-0.4, -0.2) is 30.4 Å². The van der Waals surface area contributed by atoms with Gasteiger partial charge < -0.3 is 9.15 Å². The summed E-state index contributed by atoms with van der Waals surface area (Å²) in [6.45, 7) is 4.26. The maximum absolute atomic E-state index is 12.0. The average molecular weight is 382 g/mol. The van der Waals surface area contributed by atoms with Gasteiger partial charge in [-0.05, 0) is 36.3 Å². The number of hydrogen-bond acceptors (Lipinski definition) is 6. The molecule has 2 aromatic rings. The van der Waals surface area contributed by atoms with Crippen molar-refractivity contribution >= 4 is 29.9 Å². The number of rotatable bonds is 5. The molecule has 2 heterocycles. The summed E-state index contributed by atoms with van der Waals surface area (Å²) in [5, 5.41) is 3.98. The lowest BCUT2D eigenvalue weighted by Gasteiger charge is -2.13. The Labute approximate surface area is 160 Å². The lowest BCUT2D eigenvalue weighted by Crippen LogP contribution is -2.51. The number of barbiturate groups is 1. The maximum Gasteiger partial charge on any atom is 0.338 e. The largest absolute Gasteiger partial charge is 0.462 e. The summed E-state index contributed by atoms with van der Waals surface area (Å²) in [7, 11) is 0. The van der Waals surface area contributed by atoms with Gasteiger partial charge in [0.2, 0.25) is 0 Å². The molecule has 1 aliphatic heterocycles. The predicted molar refractivity (Wildman–Crippen MR) is 98.9 cm³/mol. The molecule has 4 amide bonds. The minimum atomic E-state index is -0.862. The van der Waals surface area contributed by atoms with E-state index >= 15 is 0 Å². The topological polar surface area (TPSA) is 115 Å². The summed E-state index contributed by atoms with van der Waals surface area (Å²) in [6.07, 6.45) is 1.25. The van der Waals surface area contributed by atoms with Gasteiger partial charge >= 0.3 is 12.0 Å². The monoisotopic (exact) mass is 382 g/mol. The number of nitrogens with one attached hydrogen (secondary N) is 2. The second-order valence-electron chi connectivity index (χ2n) is 6.57. The number of carbonyl (C=O) groups excluding carboxylic acids is 4. The number of esters is 1. The molecule has 1 aromatic heterocycles. The van der Waals surface area contributed by atoms with Crippen molar-refractivity contribution < 1.29 is 28.3 Å². The van der Waals surface area contributed by atoms with Crippen molar-refractivity contribution in [2.24, 2.45) is 5.92 Å². The molecular weight excluding hydrogens is 364 g/mol. The number of benzene rings is 1. The zero-order valence-corrected chi connectivity index (χ0v) is 15.3. The fourth-order valence-electron chi connectivity index (χ4n) is 2.43. The van der Waals surface area contributed by atoms with Crippen molar-refractivity contribution in [3.8, 4) is 11.3 Å². The molecule has 8 nitrogen and oxygen atoms in total. The highest BCUT2D eigenvalue weighted by molar-refractivity contribution is 6.31. The van der Waals surface area contributed by atoms with Gasteiger partial charge in [-0.25, -0.2) is 9.59 Å². The molecule has 144 valence electrons. The number of ether oxygens (including phenoxy) is 1. The SMILES string of the molecule is CC(C)COC(=O)c1ccc(-c2ccc(C=C3C(=O)NC(=O)NC3=O)o2)cc1. The standard InChI is InChI=1S/C20H18N2O6/c1-11(2)10-27-19(25)13-5-3-12(4-6-13)16-8-7-14(28-16)9-15-17(23)21-20(26)22-18(15)24/h3-9,11H,10H2,1-2H3,(H2,21,22,23,24,26). The fraction of sp³-hybridized carbons (Fsp3) is 0.200. The third-order valence-electron chi connectivity index (χ3n) is 3.81. The third kappa shape index (κ3) is 4.35. The predicted octanol–water partition coefficient (Wildman–Crippen LogP) is 2.51. The first-order valence-electron chi connectivity index (χ1n) is 8.59. The highest BCUT2D eigenvalue weighted by Gasteiger charge is 2.28. The van der Waals surface area contributed by atoms with Crippen LogP contribution in [0, 0.1) is 5.92 Å². The van der Waals surface area contributed by atoms with Crippen molar-refractivity contribution in [3.63, 3.8) is 0 Å². The Hall–Kier alpha value is -3.68. The van der Waals surface area contributed by atoms with Crippen LogP contribution in [0.15, 0.2) is 46.4 Å². The lowest BCUT2D eigenvalue weighted by molar-refractivity contribution is -0.123. The Kier molecular flexibility index (Phi) is 5.39. The highest BCUT2D eigenvalue weighted by atomic mass is 16.5. The number of hydrogen-bond donors (Lipinski definition) is 2. The zero-order valence-electron chi connectivity index (χ0n) is 15.3. The van der Waals surface area contributed by atoms with Crippen molar-refractivity contribution in [1.29, 1.82) is 0 Å². The Morgan fingerprint density at radius 1 is 1.04 bits per heavy atom. The molecule has 1 saturated heterocycles. The molecule has 1 aliphatic rings. The van der Waals surface area contributed by atoms with Crippen molar-refractivity contribution in [2.75, 3.05) is 6.61 Å². The molecule has 0 atom stereocenters. The van der Waals surface area contributed by atoms with Gasteiger partial charge in [0.1, 0.15) is 17.1 Å². The van der Waals surface area contributed by atoms with Gasteiger partial charge in [0.15, 0.2) is 0 Å². The van der Waals surface area contributed by atoms with E-state index in [1.807, 2.05) is 24.5 Å². The molecule has 0 unspecified atom stereocenters. The van der Waals surface area contributed by atoms with Crippen LogP contribution in [-0.2, 0) is 14.3 Å². The van der Waals surface area contributed by atoms with E-state index in [1.165, 1.54) is 6.08 Å². The zero-order chi connectivity index (χ0) is 20.3. The summed E-state index contributed by atoms with van der Waals surface area (Å²) in [5.74, 6) is -0.974. The van der Waals surface area contributed by atoms with Crippen molar-refractivity contribution in [2.45, 2.75) is 13.8 Å². The Morgan fingerprint density at radius 3 is 2.29 bits per heavy atom. The second-order valence-corrected chi connectivity index (χ2v) is 6.57. The van der Waals surface area contributed by atoms with Gasteiger partial charge in [0.05, 0.1) is 12.2 Å². The van der Waals surface area contributed by atoms with Gasteiger partial charge in [-0.15, -0.1) is 0 Å². The summed E-state index contributed by atoms with van der Waals surface area (Å²) >= 11 is 0. The average Bonchev–Trinajstić information content (AvgIpc) is 3.11. The van der Waals surface area contributed by atoms with E-state index < -0.39 is 23.8 Å². The van der Waals surface area contributed by atoms with Gasteiger partial charge in [0.25, 0.3) is 11.8 Å². The molecular formula is C20H18N2O6.